The van der Waals surface area contributed by atoms with Gasteiger partial charge in [-0.1, -0.05) is 28.1 Å². The lowest BCUT2D eigenvalue weighted by Gasteiger charge is -2.12. The van der Waals surface area contributed by atoms with Gasteiger partial charge in [-0.15, -0.1) is 0 Å². The summed E-state index contributed by atoms with van der Waals surface area (Å²) in [5.74, 6) is -0.841. The molecular weight excluding hydrogens is 413 g/mol. The fraction of sp³-hybridized carbons (Fsp3) is 0.150. The van der Waals surface area contributed by atoms with E-state index >= 15 is 0 Å². The highest BCUT2D eigenvalue weighted by atomic mass is 79.9. The summed E-state index contributed by atoms with van der Waals surface area (Å²) in [6.45, 7) is 2.19. The molecule has 0 unspecified atom stereocenters. The topological polar surface area (TPSA) is 56.5 Å². The lowest BCUT2D eigenvalue weighted by atomic mass is 10.00. The minimum absolute atomic E-state index is 0.185. The molecule has 136 valence electrons. The van der Waals surface area contributed by atoms with E-state index in [0.29, 0.717) is 17.0 Å². The second kappa shape index (κ2) is 7.08. The molecule has 7 heteroatoms. The predicted molar refractivity (Wildman–Crippen MR) is 103 cm³/mol. The number of carbonyl (C=O) groups is 1. The molecule has 0 fully saturated rings. The van der Waals surface area contributed by atoms with Gasteiger partial charge in [0.2, 0.25) is 0 Å². The molecule has 0 atom stereocenters. The van der Waals surface area contributed by atoms with Crippen molar-refractivity contribution in [1.82, 2.24) is 9.55 Å². The first-order valence-corrected chi connectivity index (χ1v) is 9.22. The molecule has 0 saturated carbocycles. The quantitative estimate of drug-likeness (QED) is 0.585. The molecule has 5 nitrogen and oxygen atoms in total. The fourth-order valence-electron chi connectivity index (χ4n) is 3.13. The van der Waals surface area contributed by atoms with Gasteiger partial charge in [0.05, 0.1) is 30.2 Å². The summed E-state index contributed by atoms with van der Waals surface area (Å²) in [5.41, 5.74) is 3.31. The van der Waals surface area contributed by atoms with Gasteiger partial charge in [-0.05, 0) is 37.3 Å². The third kappa shape index (κ3) is 3.08. The van der Waals surface area contributed by atoms with E-state index in [1.807, 2.05) is 22.8 Å². The van der Waals surface area contributed by atoms with Crippen molar-refractivity contribution >= 4 is 27.6 Å². The van der Waals surface area contributed by atoms with Gasteiger partial charge in [0, 0.05) is 15.6 Å². The number of carbonyl (C=O) groups excluding carboxylic acids is 1. The van der Waals surface area contributed by atoms with Crippen molar-refractivity contribution in [3.63, 3.8) is 0 Å². The number of fused-ring (bicyclic) bond motifs is 3. The van der Waals surface area contributed by atoms with Crippen molar-refractivity contribution in [1.29, 1.82) is 0 Å². The molecule has 2 heterocycles. The maximum Gasteiger partial charge on any atom is 0.358 e. The van der Waals surface area contributed by atoms with Crippen LogP contribution < -0.4 is 0 Å². The summed E-state index contributed by atoms with van der Waals surface area (Å²) in [4.78, 5) is 21.1. The van der Waals surface area contributed by atoms with Crippen LogP contribution in [0.15, 0.2) is 58.3 Å². The summed E-state index contributed by atoms with van der Waals surface area (Å²) in [6.07, 6.45) is 1.58. The predicted octanol–water partition coefficient (Wildman–Crippen LogP) is 4.30. The number of hydrogen-bond acceptors (Lipinski definition) is 4. The highest BCUT2D eigenvalue weighted by Crippen LogP contribution is 2.29. The van der Waals surface area contributed by atoms with Gasteiger partial charge in [-0.2, -0.15) is 0 Å². The molecule has 0 aliphatic carbocycles. The lowest BCUT2D eigenvalue weighted by Crippen LogP contribution is -2.09. The first-order chi connectivity index (χ1) is 13.1. The molecule has 3 aromatic rings. The minimum atomic E-state index is -0.491. The van der Waals surface area contributed by atoms with Crippen LogP contribution in [0.25, 0.3) is 5.69 Å². The molecule has 4 rings (SSSR count). The van der Waals surface area contributed by atoms with Crippen molar-refractivity contribution in [2.24, 2.45) is 4.99 Å². The van der Waals surface area contributed by atoms with Crippen LogP contribution in [0.3, 0.4) is 0 Å². The maximum absolute atomic E-state index is 14.5. The average Bonchev–Trinajstić information content (AvgIpc) is 3.01. The van der Waals surface area contributed by atoms with Crippen molar-refractivity contribution < 1.29 is 13.9 Å². The van der Waals surface area contributed by atoms with Gasteiger partial charge < -0.3 is 4.74 Å². The number of imidazole rings is 1. The highest BCUT2D eigenvalue weighted by molar-refractivity contribution is 9.10. The van der Waals surface area contributed by atoms with Gasteiger partial charge in [-0.25, -0.2) is 14.2 Å². The Bertz CT molecular complexity index is 1070. The van der Waals surface area contributed by atoms with E-state index < -0.39 is 5.97 Å². The number of benzene rings is 2. The zero-order chi connectivity index (χ0) is 19.0. The number of aromatic nitrogens is 2. The largest absolute Gasteiger partial charge is 0.461 e. The van der Waals surface area contributed by atoms with Crippen LogP contribution >= 0.6 is 15.9 Å². The Morgan fingerprint density at radius 3 is 2.85 bits per heavy atom. The number of halogens is 2. The molecule has 27 heavy (non-hydrogen) atoms. The Hall–Kier alpha value is -2.80. The third-order valence-corrected chi connectivity index (χ3v) is 4.82. The van der Waals surface area contributed by atoms with Crippen LogP contribution in [0, 0.1) is 5.82 Å². The molecule has 0 spiro atoms. The first kappa shape index (κ1) is 17.6. The van der Waals surface area contributed by atoms with E-state index in [2.05, 4.69) is 25.9 Å². The molecule has 0 amide bonds. The molecule has 1 aliphatic rings. The van der Waals surface area contributed by atoms with E-state index in [4.69, 9.17) is 4.74 Å². The van der Waals surface area contributed by atoms with Crippen molar-refractivity contribution in [3.8, 4) is 5.69 Å². The Labute approximate surface area is 163 Å². The van der Waals surface area contributed by atoms with E-state index in [0.717, 1.165) is 15.7 Å². The SMILES string of the molecule is CCOC(=O)c1ncn2c1CN=C(c1ccccc1F)c1cc(Br)ccc1-2. The van der Waals surface area contributed by atoms with Crippen LogP contribution in [0.2, 0.25) is 0 Å². The van der Waals surface area contributed by atoms with Crippen LogP contribution in [0.4, 0.5) is 4.39 Å². The molecule has 1 aliphatic heterocycles. The number of ether oxygens (including phenoxy) is 1. The Morgan fingerprint density at radius 1 is 1.26 bits per heavy atom. The molecule has 0 N–H and O–H groups in total. The van der Waals surface area contributed by atoms with E-state index in [1.54, 1.807) is 31.5 Å². The number of rotatable bonds is 3. The summed E-state index contributed by atoms with van der Waals surface area (Å²) in [5, 5.41) is 0. The molecule has 0 bridgehead atoms. The minimum Gasteiger partial charge on any atom is -0.461 e. The van der Waals surface area contributed by atoms with E-state index in [-0.39, 0.29) is 24.7 Å². The van der Waals surface area contributed by atoms with E-state index in [1.165, 1.54) is 6.07 Å². The summed E-state index contributed by atoms with van der Waals surface area (Å²) < 4.78 is 22.2. The lowest BCUT2D eigenvalue weighted by molar-refractivity contribution is 0.0518. The van der Waals surface area contributed by atoms with Gasteiger partial charge in [0.1, 0.15) is 12.1 Å². The van der Waals surface area contributed by atoms with Gasteiger partial charge in [0.25, 0.3) is 0 Å². The van der Waals surface area contributed by atoms with Crippen LogP contribution in [0.5, 0.6) is 0 Å². The molecule has 0 radical (unpaired) electrons. The van der Waals surface area contributed by atoms with Crippen LogP contribution in [0.1, 0.15) is 34.2 Å². The van der Waals surface area contributed by atoms with Crippen molar-refractivity contribution in [2.75, 3.05) is 6.61 Å². The van der Waals surface area contributed by atoms with E-state index in [9.17, 15) is 9.18 Å². The second-order valence-corrected chi connectivity index (χ2v) is 6.85. The Balaban J connectivity index is 1.94. The average molecular weight is 428 g/mol. The summed E-state index contributed by atoms with van der Waals surface area (Å²) in [6, 6.07) is 12.2. The Morgan fingerprint density at radius 2 is 2.07 bits per heavy atom. The molecule has 1 aromatic heterocycles. The maximum atomic E-state index is 14.5. The number of esters is 1. The smallest absolute Gasteiger partial charge is 0.358 e. The van der Waals surface area contributed by atoms with Gasteiger partial charge in [-0.3, -0.25) is 9.56 Å². The van der Waals surface area contributed by atoms with Crippen molar-refractivity contribution in [3.05, 3.63) is 81.6 Å². The number of hydrogen-bond donors (Lipinski definition) is 0. The standard InChI is InChI=1S/C20H15BrFN3O2/c1-2-27-20(26)19-17-10-23-18(13-5-3-4-6-15(13)22)14-9-12(21)7-8-16(14)25(17)11-24-19/h3-9,11H,2,10H2,1H3. The van der Waals surface area contributed by atoms with Gasteiger partial charge >= 0.3 is 5.97 Å². The third-order valence-electron chi connectivity index (χ3n) is 4.32. The zero-order valence-electron chi connectivity index (χ0n) is 14.4. The molecular formula is C20H15BrFN3O2. The van der Waals surface area contributed by atoms with Gasteiger partial charge in [0.15, 0.2) is 5.69 Å². The van der Waals surface area contributed by atoms with Crippen molar-refractivity contribution in [2.45, 2.75) is 13.5 Å². The second-order valence-electron chi connectivity index (χ2n) is 5.94. The molecule has 0 saturated heterocycles. The highest BCUT2D eigenvalue weighted by Gasteiger charge is 2.26. The fourth-order valence-corrected chi connectivity index (χ4v) is 3.49. The first-order valence-electron chi connectivity index (χ1n) is 8.43. The Kier molecular flexibility index (Phi) is 4.61. The van der Waals surface area contributed by atoms with Crippen LogP contribution in [-0.2, 0) is 11.3 Å². The zero-order valence-corrected chi connectivity index (χ0v) is 16.0. The normalized spacial score (nSPS) is 12.6. The summed E-state index contributed by atoms with van der Waals surface area (Å²) in [7, 11) is 0. The van der Waals surface area contributed by atoms with Crippen LogP contribution in [-0.4, -0.2) is 27.8 Å². The number of aliphatic imine (C=N–C) groups is 1. The number of nitrogens with zero attached hydrogens (tertiary/aromatic N) is 3. The summed E-state index contributed by atoms with van der Waals surface area (Å²) >= 11 is 3.48. The monoisotopic (exact) mass is 427 g/mol. The molecule has 2 aromatic carbocycles.